The van der Waals surface area contributed by atoms with E-state index in [2.05, 4.69) is 55.2 Å². The molecule has 0 atom stereocenters. The molecule has 0 aromatic rings. The summed E-state index contributed by atoms with van der Waals surface area (Å²) in [4.78, 5) is 2.53. The van der Waals surface area contributed by atoms with Crippen LogP contribution < -0.4 is 0 Å². The highest BCUT2D eigenvalue weighted by Gasteiger charge is 2.20. The number of rotatable bonds is 6. The van der Waals surface area contributed by atoms with Crippen molar-refractivity contribution in [2.24, 2.45) is 0 Å². The molecule has 0 radical (unpaired) electrons. The number of hydrogen-bond acceptors (Lipinski definition) is 1. The quantitative estimate of drug-likeness (QED) is 0.311. The Bertz CT molecular complexity index is 107. The summed E-state index contributed by atoms with van der Waals surface area (Å²) in [7, 11) is 0. The lowest BCUT2D eigenvalue weighted by atomic mass is 10.2. The Labute approximate surface area is 91.0 Å². The Morgan fingerprint density at radius 3 is 2.08 bits per heavy atom. The maximum atomic E-state index is 2.53. The van der Waals surface area contributed by atoms with Gasteiger partial charge in [-0.25, -0.2) is 0 Å². The van der Waals surface area contributed by atoms with E-state index in [1.165, 1.54) is 32.4 Å². The van der Waals surface area contributed by atoms with Crippen LogP contribution in [0.25, 0.3) is 0 Å². The molecule has 0 saturated carbocycles. The van der Waals surface area contributed by atoms with Crippen molar-refractivity contribution in [3.63, 3.8) is 0 Å². The topological polar surface area (TPSA) is 3.24 Å². The van der Waals surface area contributed by atoms with Gasteiger partial charge in [0.15, 0.2) is 0 Å². The van der Waals surface area contributed by atoms with Gasteiger partial charge >= 0.3 is 0 Å². The molecular formula is C10H22IN. The summed E-state index contributed by atoms with van der Waals surface area (Å²) in [5.74, 6) is 0. The second-order valence-electron chi connectivity index (χ2n) is 3.70. The van der Waals surface area contributed by atoms with Crippen molar-refractivity contribution < 1.29 is 0 Å². The zero-order valence-electron chi connectivity index (χ0n) is 8.86. The van der Waals surface area contributed by atoms with Gasteiger partial charge in [0.2, 0.25) is 0 Å². The molecule has 2 heteroatoms. The average molecular weight is 283 g/mol. The molecule has 0 aromatic carbocycles. The third kappa shape index (κ3) is 5.36. The van der Waals surface area contributed by atoms with Gasteiger partial charge in [-0.15, -0.1) is 0 Å². The highest BCUT2D eigenvalue weighted by atomic mass is 127. The van der Waals surface area contributed by atoms with Crippen molar-refractivity contribution in [2.45, 2.75) is 50.5 Å². The molecule has 0 saturated heterocycles. The maximum absolute atomic E-state index is 2.53. The normalized spacial score (nSPS) is 12.5. The van der Waals surface area contributed by atoms with Crippen molar-refractivity contribution in [1.29, 1.82) is 0 Å². The SMILES string of the molecule is CCCCCN(CC)C(C)(C)I. The molecule has 0 aliphatic rings. The second kappa shape index (κ2) is 6.19. The largest absolute Gasteiger partial charge is 0.290 e. The van der Waals surface area contributed by atoms with Gasteiger partial charge in [-0.2, -0.15) is 0 Å². The molecule has 0 bridgehead atoms. The van der Waals surface area contributed by atoms with Crippen LogP contribution in [0.5, 0.6) is 0 Å². The first-order chi connectivity index (χ1) is 5.52. The molecule has 0 amide bonds. The Balaban J connectivity index is 3.68. The summed E-state index contributed by atoms with van der Waals surface area (Å²) in [5.41, 5.74) is 0. The summed E-state index contributed by atoms with van der Waals surface area (Å²) in [6, 6.07) is 0. The van der Waals surface area contributed by atoms with Gasteiger partial charge in [-0.3, -0.25) is 4.90 Å². The van der Waals surface area contributed by atoms with Crippen LogP contribution in [0.15, 0.2) is 0 Å². The lowest BCUT2D eigenvalue weighted by Gasteiger charge is -2.32. The zero-order valence-corrected chi connectivity index (χ0v) is 11.0. The van der Waals surface area contributed by atoms with Crippen LogP contribution in [0, 0.1) is 0 Å². The van der Waals surface area contributed by atoms with Gasteiger partial charge in [-0.1, -0.05) is 49.3 Å². The molecule has 74 valence electrons. The van der Waals surface area contributed by atoms with Crippen LogP contribution in [0.1, 0.15) is 47.0 Å². The molecule has 0 spiro atoms. The van der Waals surface area contributed by atoms with Crippen LogP contribution in [0.2, 0.25) is 0 Å². The van der Waals surface area contributed by atoms with Gasteiger partial charge in [0.1, 0.15) is 0 Å². The van der Waals surface area contributed by atoms with E-state index < -0.39 is 0 Å². The smallest absolute Gasteiger partial charge is 0.0673 e. The molecule has 0 aromatic heterocycles. The molecule has 0 aliphatic heterocycles. The minimum Gasteiger partial charge on any atom is -0.290 e. The first-order valence-corrected chi connectivity index (χ1v) is 6.04. The zero-order chi connectivity index (χ0) is 9.61. The van der Waals surface area contributed by atoms with E-state index in [4.69, 9.17) is 0 Å². The fourth-order valence-corrected chi connectivity index (χ4v) is 1.93. The molecule has 1 nitrogen and oxygen atoms in total. The minimum absolute atomic E-state index is 0.320. The molecule has 0 fully saturated rings. The number of unbranched alkanes of at least 4 members (excludes halogenated alkanes) is 2. The van der Waals surface area contributed by atoms with Gasteiger partial charge in [-0.05, 0) is 33.4 Å². The summed E-state index contributed by atoms with van der Waals surface area (Å²) < 4.78 is 0.320. The van der Waals surface area contributed by atoms with E-state index in [9.17, 15) is 0 Å². The monoisotopic (exact) mass is 283 g/mol. The highest BCUT2D eigenvalue weighted by Crippen LogP contribution is 2.22. The summed E-state index contributed by atoms with van der Waals surface area (Å²) >= 11 is 2.52. The van der Waals surface area contributed by atoms with E-state index in [-0.39, 0.29) is 0 Å². The molecule has 0 N–H and O–H groups in total. The Morgan fingerprint density at radius 2 is 1.75 bits per heavy atom. The first kappa shape index (κ1) is 12.7. The minimum atomic E-state index is 0.320. The van der Waals surface area contributed by atoms with Crippen LogP contribution in [0.4, 0.5) is 0 Å². The lowest BCUT2D eigenvalue weighted by molar-refractivity contribution is 0.216. The van der Waals surface area contributed by atoms with E-state index in [1.54, 1.807) is 0 Å². The van der Waals surface area contributed by atoms with Crippen molar-refractivity contribution in [2.75, 3.05) is 13.1 Å². The molecular weight excluding hydrogens is 261 g/mol. The number of halogens is 1. The number of alkyl halides is 1. The standard InChI is InChI=1S/C10H22IN/c1-5-7-8-9-12(6-2)10(3,4)11/h5-9H2,1-4H3. The number of hydrogen-bond donors (Lipinski definition) is 0. The predicted octanol–water partition coefficient (Wildman–Crippen LogP) is 3.67. The highest BCUT2D eigenvalue weighted by molar-refractivity contribution is 14.1. The summed E-state index contributed by atoms with van der Waals surface area (Å²) in [6.45, 7) is 11.5. The molecule has 12 heavy (non-hydrogen) atoms. The number of nitrogens with zero attached hydrogens (tertiary/aromatic N) is 1. The Morgan fingerprint density at radius 1 is 1.17 bits per heavy atom. The van der Waals surface area contributed by atoms with Crippen molar-refractivity contribution >= 4 is 22.6 Å². The second-order valence-corrected chi connectivity index (χ2v) is 6.34. The van der Waals surface area contributed by atoms with E-state index in [1.807, 2.05) is 0 Å². The van der Waals surface area contributed by atoms with Gasteiger partial charge in [0.05, 0.1) is 3.55 Å². The van der Waals surface area contributed by atoms with Crippen molar-refractivity contribution in [1.82, 2.24) is 4.90 Å². The van der Waals surface area contributed by atoms with E-state index >= 15 is 0 Å². The fourth-order valence-electron chi connectivity index (χ4n) is 1.35. The third-order valence-corrected chi connectivity index (χ3v) is 2.85. The van der Waals surface area contributed by atoms with Crippen LogP contribution in [0.3, 0.4) is 0 Å². The fraction of sp³-hybridized carbons (Fsp3) is 1.00. The predicted molar refractivity (Wildman–Crippen MR) is 64.9 cm³/mol. The van der Waals surface area contributed by atoms with Crippen LogP contribution in [-0.2, 0) is 0 Å². The Hall–Kier alpha value is 0.690. The third-order valence-electron chi connectivity index (χ3n) is 2.17. The van der Waals surface area contributed by atoms with Crippen molar-refractivity contribution in [3.05, 3.63) is 0 Å². The van der Waals surface area contributed by atoms with Gasteiger partial charge < -0.3 is 0 Å². The van der Waals surface area contributed by atoms with E-state index in [0.717, 1.165) is 0 Å². The van der Waals surface area contributed by atoms with Gasteiger partial charge in [0.25, 0.3) is 0 Å². The van der Waals surface area contributed by atoms with Crippen LogP contribution >= 0.6 is 22.6 Å². The maximum Gasteiger partial charge on any atom is 0.0673 e. The van der Waals surface area contributed by atoms with E-state index in [0.29, 0.717) is 3.55 Å². The van der Waals surface area contributed by atoms with Crippen molar-refractivity contribution in [3.8, 4) is 0 Å². The van der Waals surface area contributed by atoms with Crippen LogP contribution in [-0.4, -0.2) is 21.5 Å². The lowest BCUT2D eigenvalue weighted by Crippen LogP contribution is -2.39. The summed E-state index contributed by atoms with van der Waals surface area (Å²) in [5, 5.41) is 0. The molecule has 0 rings (SSSR count). The first-order valence-electron chi connectivity index (χ1n) is 4.96. The molecule has 0 unspecified atom stereocenters. The Kier molecular flexibility index (Phi) is 6.55. The summed E-state index contributed by atoms with van der Waals surface area (Å²) in [6.07, 6.45) is 4.03. The molecule has 0 aliphatic carbocycles. The molecule has 0 heterocycles. The van der Waals surface area contributed by atoms with Gasteiger partial charge in [0, 0.05) is 0 Å². The average Bonchev–Trinajstić information content (AvgIpc) is 1.95.